The minimum atomic E-state index is -3.91. The Morgan fingerprint density at radius 3 is 2.71 bits per heavy atom. The quantitative estimate of drug-likeness (QED) is 0.342. The summed E-state index contributed by atoms with van der Waals surface area (Å²) >= 11 is 6.47. The normalized spacial score (nSPS) is 32.5. The number of anilines is 1. The van der Waals surface area contributed by atoms with Crippen molar-refractivity contribution < 1.29 is 24.1 Å². The first-order chi connectivity index (χ1) is 23.6. The summed E-state index contributed by atoms with van der Waals surface area (Å²) in [5, 5.41) is 0.00831. The molecule has 6 atom stereocenters. The molecule has 7 rings (SSSR count). The molecule has 268 valence electrons. The molecule has 5 aliphatic rings. The average Bonchev–Trinajstić information content (AvgIpc) is 3.22. The number of fused-ring (bicyclic) bond motifs is 4. The number of carbonyl (C=O) groups excluding carboxylic acids is 1. The Morgan fingerprint density at radius 2 is 1.92 bits per heavy atom. The minimum Gasteiger partial charge on any atom is -0.490 e. The number of ether oxygens (including phenoxy) is 2. The lowest BCUT2D eigenvalue weighted by atomic mass is 9.68. The Morgan fingerprint density at radius 1 is 1.08 bits per heavy atom. The van der Waals surface area contributed by atoms with E-state index in [1.165, 1.54) is 30.4 Å². The molecule has 0 unspecified atom stereocenters. The van der Waals surface area contributed by atoms with Crippen LogP contribution in [-0.4, -0.2) is 76.5 Å². The van der Waals surface area contributed by atoms with E-state index >= 15 is 0 Å². The van der Waals surface area contributed by atoms with E-state index in [4.69, 9.17) is 21.1 Å². The Hall–Kier alpha value is -2.59. The fourth-order valence-corrected chi connectivity index (χ4v) is 10.3. The van der Waals surface area contributed by atoms with Crippen LogP contribution in [0.5, 0.6) is 5.75 Å². The van der Waals surface area contributed by atoms with Gasteiger partial charge < -0.3 is 19.3 Å². The number of allylic oxidation sites excluding steroid dienone is 1. The standard InChI is InChI=1S/C39H52ClN3O5S.H2/c1-27-8-6-10-36(47-21-20-42-18-4-3-5-19-42)33-14-11-31(33)24-43-25-39(17-7-9-29-22-32(40)13-15-34(29)39)26-48-37-16-12-30(23-35(37)43)38(44)41-49(45,46)28(27)2;/h6,10,12-13,15-16,22-23,27-28,31,33,36H,3-5,7-9,11,14,17-21,24-26H2,1-2H3,(H,41,44);1H/b10-6+;/t27-,28+,31-,33+,36-,39-;/m0./s1. The van der Waals surface area contributed by atoms with E-state index in [0.717, 1.165) is 81.3 Å². The van der Waals surface area contributed by atoms with E-state index in [1.807, 2.05) is 25.1 Å². The van der Waals surface area contributed by atoms with E-state index in [-0.39, 0.29) is 18.9 Å². The molecule has 8 nitrogen and oxygen atoms in total. The molecule has 3 heterocycles. The van der Waals surface area contributed by atoms with Crippen molar-refractivity contribution in [2.45, 2.75) is 88.4 Å². The summed E-state index contributed by atoms with van der Waals surface area (Å²) < 4.78 is 42.6. The first kappa shape index (κ1) is 34.8. The van der Waals surface area contributed by atoms with Crippen molar-refractivity contribution in [1.82, 2.24) is 9.62 Å². The summed E-state index contributed by atoms with van der Waals surface area (Å²) in [7, 11) is -3.91. The number of rotatable bonds is 4. The van der Waals surface area contributed by atoms with E-state index in [0.29, 0.717) is 37.0 Å². The van der Waals surface area contributed by atoms with Gasteiger partial charge in [0.25, 0.3) is 5.91 Å². The van der Waals surface area contributed by atoms with Crippen molar-refractivity contribution in [3.63, 3.8) is 0 Å². The molecule has 1 amide bonds. The lowest BCUT2D eigenvalue weighted by molar-refractivity contribution is -0.0220. The van der Waals surface area contributed by atoms with Crippen LogP contribution in [0.2, 0.25) is 5.02 Å². The van der Waals surface area contributed by atoms with Crippen LogP contribution in [0.25, 0.3) is 0 Å². The first-order valence-electron chi connectivity index (χ1n) is 18.5. The molecule has 2 fully saturated rings. The van der Waals surface area contributed by atoms with Gasteiger partial charge in [-0.2, -0.15) is 0 Å². The van der Waals surface area contributed by atoms with Crippen molar-refractivity contribution in [3.05, 3.63) is 70.3 Å². The molecular weight excluding hydrogens is 658 g/mol. The van der Waals surface area contributed by atoms with Gasteiger partial charge in [0.05, 0.1) is 30.3 Å². The molecular formula is C39H54ClN3O5S. The van der Waals surface area contributed by atoms with Gasteiger partial charge in [0.15, 0.2) is 0 Å². The molecule has 1 N–H and O–H groups in total. The maximum atomic E-state index is 13.5. The van der Waals surface area contributed by atoms with Crippen molar-refractivity contribution in [2.75, 3.05) is 50.8 Å². The molecule has 1 saturated carbocycles. The van der Waals surface area contributed by atoms with Crippen molar-refractivity contribution in [2.24, 2.45) is 17.8 Å². The first-order valence-corrected chi connectivity index (χ1v) is 20.4. The third-order valence-corrected chi connectivity index (χ3v) is 14.3. The topological polar surface area (TPSA) is 88.2 Å². The van der Waals surface area contributed by atoms with Crippen LogP contribution < -0.4 is 14.4 Å². The molecule has 2 bridgehead atoms. The van der Waals surface area contributed by atoms with Crippen molar-refractivity contribution in [3.8, 4) is 5.75 Å². The second-order valence-corrected chi connectivity index (χ2v) is 17.8. The van der Waals surface area contributed by atoms with Crippen LogP contribution in [0.3, 0.4) is 0 Å². The minimum absolute atomic E-state index is 0. The highest BCUT2D eigenvalue weighted by Crippen LogP contribution is 2.47. The zero-order valence-electron chi connectivity index (χ0n) is 29.0. The average molecular weight is 712 g/mol. The van der Waals surface area contributed by atoms with Gasteiger partial charge in [0.1, 0.15) is 5.75 Å². The summed E-state index contributed by atoms with van der Waals surface area (Å²) in [6, 6.07) is 11.6. The molecule has 1 saturated heterocycles. The molecule has 2 aliphatic carbocycles. The van der Waals surface area contributed by atoms with Crippen LogP contribution in [0, 0.1) is 17.8 Å². The molecule has 10 heteroatoms. The van der Waals surface area contributed by atoms with Crippen LogP contribution >= 0.6 is 11.6 Å². The largest absolute Gasteiger partial charge is 0.490 e. The third kappa shape index (κ3) is 7.42. The zero-order valence-corrected chi connectivity index (χ0v) is 30.6. The Bertz CT molecular complexity index is 1670. The molecule has 49 heavy (non-hydrogen) atoms. The number of nitrogens with zero attached hydrogens (tertiary/aromatic N) is 2. The highest BCUT2D eigenvalue weighted by Gasteiger charge is 2.44. The fourth-order valence-electron chi connectivity index (χ4n) is 8.82. The zero-order chi connectivity index (χ0) is 34.2. The Kier molecular flexibility index (Phi) is 10.4. The highest BCUT2D eigenvalue weighted by molar-refractivity contribution is 7.90. The molecule has 3 aliphatic heterocycles. The summed E-state index contributed by atoms with van der Waals surface area (Å²) in [5.74, 6) is 0.703. The summed E-state index contributed by atoms with van der Waals surface area (Å²) in [6.45, 7) is 9.62. The number of amides is 1. The Balaban J connectivity index is 0.00000432. The number of hydrogen-bond acceptors (Lipinski definition) is 7. The molecule has 2 aromatic carbocycles. The van der Waals surface area contributed by atoms with Gasteiger partial charge in [-0.05, 0) is 131 Å². The number of halogens is 1. The number of hydrogen-bond donors (Lipinski definition) is 1. The van der Waals surface area contributed by atoms with Gasteiger partial charge in [-0.1, -0.05) is 43.2 Å². The number of piperidine rings is 1. The molecule has 1 spiro atoms. The number of aryl methyl sites for hydroxylation is 1. The van der Waals surface area contributed by atoms with Gasteiger partial charge in [-0.25, -0.2) is 13.1 Å². The monoisotopic (exact) mass is 711 g/mol. The van der Waals surface area contributed by atoms with Crippen molar-refractivity contribution in [1.29, 1.82) is 0 Å². The number of carbonyl (C=O) groups is 1. The second-order valence-electron chi connectivity index (χ2n) is 15.3. The Labute approximate surface area is 299 Å². The van der Waals surface area contributed by atoms with Gasteiger partial charge in [0.2, 0.25) is 10.0 Å². The van der Waals surface area contributed by atoms with Gasteiger partial charge in [-0.15, -0.1) is 0 Å². The number of likely N-dealkylation sites (tertiary alicyclic amines) is 1. The predicted molar refractivity (Wildman–Crippen MR) is 197 cm³/mol. The summed E-state index contributed by atoms with van der Waals surface area (Å²) in [5.41, 5.74) is 3.50. The summed E-state index contributed by atoms with van der Waals surface area (Å²) in [6.07, 6.45) is 14.0. The maximum Gasteiger partial charge on any atom is 0.264 e. The van der Waals surface area contributed by atoms with Gasteiger partial charge in [0, 0.05) is 37.1 Å². The lowest BCUT2D eigenvalue weighted by Gasteiger charge is -2.46. The van der Waals surface area contributed by atoms with Gasteiger partial charge in [-0.3, -0.25) is 4.79 Å². The predicted octanol–water partition coefficient (Wildman–Crippen LogP) is 7.00. The third-order valence-electron chi connectivity index (χ3n) is 12.2. The summed E-state index contributed by atoms with van der Waals surface area (Å²) in [4.78, 5) is 18.5. The van der Waals surface area contributed by atoms with Crippen LogP contribution in [0.15, 0.2) is 48.6 Å². The fraction of sp³-hybridized carbons (Fsp3) is 0.615. The van der Waals surface area contributed by atoms with E-state index in [9.17, 15) is 13.2 Å². The SMILES string of the molecule is C[C@@H]1[C@@H](C)C/C=C/[C@H](OCCN2CCCCC2)[C@@H]2CC[C@H]2CN2C[C@@]3(CCCc4cc(Cl)ccc43)COc3ccc(cc32)C(=O)NS1(=O)=O.[HH]. The number of sulfonamides is 1. The van der Waals surface area contributed by atoms with Crippen LogP contribution in [-0.2, 0) is 26.6 Å². The van der Waals surface area contributed by atoms with Gasteiger partial charge >= 0.3 is 0 Å². The van der Waals surface area contributed by atoms with E-state index < -0.39 is 21.2 Å². The number of benzene rings is 2. The highest BCUT2D eigenvalue weighted by atomic mass is 35.5. The lowest BCUT2D eigenvalue weighted by Crippen LogP contribution is -2.50. The smallest absolute Gasteiger partial charge is 0.264 e. The van der Waals surface area contributed by atoms with Crippen LogP contribution in [0.4, 0.5) is 5.69 Å². The number of nitrogens with one attached hydrogen (secondary N) is 1. The maximum absolute atomic E-state index is 13.5. The van der Waals surface area contributed by atoms with E-state index in [1.54, 1.807) is 13.0 Å². The second kappa shape index (κ2) is 14.6. The van der Waals surface area contributed by atoms with Crippen LogP contribution in [0.1, 0.15) is 88.1 Å². The molecule has 0 radical (unpaired) electrons. The molecule has 2 aromatic rings. The van der Waals surface area contributed by atoms with Crippen molar-refractivity contribution >= 4 is 33.2 Å². The molecule has 0 aromatic heterocycles. The van der Waals surface area contributed by atoms with E-state index in [2.05, 4.69) is 38.8 Å².